The Kier molecular flexibility index (Phi) is 7.27. The van der Waals surface area contributed by atoms with Crippen LogP contribution in [-0.4, -0.2) is 42.4 Å². The smallest absolute Gasteiger partial charge is 0.179 e. The number of rotatable bonds is 7. The maximum absolute atomic E-state index is 15.4. The van der Waals surface area contributed by atoms with Gasteiger partial charge in [-0.3, -0.25) is 4.98 Å². The summed E-state index contributed by atoms with van der Waals surface area (Å²) in [4.78, 5) is 6.35. The summed E-state index contributed by atoms with van der Waals surface area (Å²) < 4.78 is 56.5. The van der Waals surface area contributed by atoms with E-state index in [1.165, 1.54) is 12.1 Å². The first-order chi connectivity index (χ1) is 18.1. The molecular weight excluding hydrogens is 491 g/mol. The minimum Gasteiger partial charge on any atom is -0.481 e. The SMILES string of the molecule is CCC(C)N1CC(C)(C)Oc2c(F)cc(-c3cc(Cc4ccc(NC5CCOC5)c(F)c4)ncc3F)cc21. The van der Waals surface area contributed by atoms with Crippen LogP contribution < -0.4 is 15.0 Å². The molecule has 1 fully saturated rings. The predicted molar refractivity (Wildman–Crippen MR) is 143 cm³/mol. The number of halogens is 3. The van der Waals surface area contributed by atoms with Gasteiger partial charge in [-0.1, -0.05) is 13.0 Å². The van der Waals surface area contributed by atoms with E-state index in [1.54, 1.807) is 18.2 Å². The lowest BCUT2D eigenvalue weighted by molar-refractivity contribution is 0.0960. The molecular formula is C30H34F3N3O2. The normalized spacial score (nSPS) is 19.1. The number of nitrogens with zero attached hydrogens (tertiary/aromatic N) is 2. The number of ether oxygens (including phenoxy) is 2. The standard InChI is InChI=1S/C30H34F3N3O2/c1-5-18(2)36-17-30(3,4)38-29-25(32)12-20(13-28(29)36)23-14-22(34-15-26(23)33)10-19-6-7-27(24(31)11-19)35-21-8-9-37-16-21/h6-7,11-15,18,21,35H,5,8-10,16-17H2,1-4H3. The van der Waals surface area contributed by atoms with Crippen LogP contribution in [0.2, 0.25) is 0 Å². The number of benzene rings is 2. The maximum atomic E-state index is 15.4. The molecule has 0 bridgehead atoms. The molecule has 1 saturated heterocycles. The zero-order valence-electron chi connectivity index (χ0n) is 22.3. The molecule has 5 rings (SSSR count). The molecule has 3 heterocycles. The predicted octanol–water partition coefficient (Wildman–Crippen LogP) is 6.73. The molecule has 5 nitrogen and oxygen atoms in total. The van der Waals surface area contributed by atoms with Gasteiger partial charge in [0, 0.05) is 30.3 Å². The second-order valence-electron chi connectivity index (χ2n) is 10.9. The second-order valence-corrected chi connectivity index (χ2v) is 10.9. The highest BCUT2D eigenvalue weighted by molar-refractivity contribution is 5.74. The molecule has 1 N–H and O–H groups in total. The first kappa shape index (κ1) is 26.4. The summed E-state index contributed by atoms with van der Waals surface area (Å²) in [6, 6.07) is 9.95. The summed E-state index contributed by atoms with van der Waals surface area (Å²) in [5.74, 6) is -1.26. The molecule has 8 heteroatoms. The van der Waals surface area contributed by atoms with Crippen LogP contribution in [0, 0.1) is 17.5 Å². The highest BCUT2D eigenvalue weighted by atomic mass is 19.1. The molecule has 0 spiro atoms. The van der Waals surface area contributed by atoms with E-state index in [-0.39, 0.29) is 29.2 Å². The highest BCUT2D eigenvalue weighted by Crippen LogP contribution is 2.43. The van der Waals surface area contributed by atoms with Crippen molar-refractivity contribution in [2.75, 3.05) is 30.0 Å². The molecule has 0 saturated carbocycles. The van der Waals surface area contributed by atoms with Gasteiger partial charge in [-0.05, 0) is 75.1 Å². The molecule has 0 aliphatic carbocycles. The van der Waals surface area contributed by atoms with Crippen molar-refractivity contribution in [2.45, 2.75) is 64.6 Å². The van der Waals surface area contributed by atoms with E-state index < -0.39 is 17.2 Å². The van der Waals surface area contributed by atoms with E-state index in [9.17, 15) is 4.39 Å². The first-order valence-electron chi connectivity index (χ1n) is 13.2. The van der Waals surface area contributed by atoms with E-state index in [1.807, 2.05) is 19.9 Å². The van der Waals surface area contributed by atoms with E-state index >= 15 is 8.78 Å². The fraction of sp³-hybridized carbons (Fsp3) is 0.433. The monoisotopic (exact) mass is 525 g/mol. The van der Waals surface area contributed by atoms with E-state index in [4.69, 9.17) is 9.47 Å². The van der Waals surface area contributed by atoms with Gasteiger partial charge >= 0.3 is 0 Å². The number of nitrogens with one attached hydrogen (secondary N) is 1. The van der Waals surface area contributed by atoms with Crippen molar-refractivity contribution in [3.05, 3.63) is 71.3 Å². The summed E-state index contributed by atoms with van der Waals surface area (Å²) in [6.07, 6.45) is 3.15. The third kappa shape index (κ3) is 5.46. The number of hydrogen-bond acceptors (Lipinski definition) is 5. The second kappa shape index (κ2) is 10.5. The molecule has 0 amide bonds. The Labute approximate surface area is 222 Å². The third-order valence-corrected chi connectivity index (χ3v) is 7.32. The fourth-order valence-electron chi connectivity index (χ4n) is 5.13. The Balaban J connectivity index is 1.43. The maximum Gasteiger partial charge on any atom is 0.179 e. The number of anilines is 2. The van der Waals surface area contributed by atoms with Crippen molar-refractivity contribution in [2.24, 2.45) is 0 Å². The van der Waals surface area contributed by atoms with Crippen LogP contribution in [0.25, 0.3) is 11.1 Å². The Morgan fingerprint density at radius 3 is 2.63 bits per heavy atom. The summed E-state index contributed by atoms with van der Waals surface area (Å²) in [7, 11) is 0. The fourth-order valence-corrected chi connectivity index (χ4v) is 5.13. The lowest BCUT2D eigenvalue weighted by atomic mass is 9.98. The van der Waals surface area contributed by atoms with Crippen LogP contribution in [0.3, 0.4) is 0 Å². The van der Waals surface area contributed by atoms with Gasteiger partial charge in [0.05, 0.1) is 36.8 Å². The van der Waals surface area contributed by atoms with Crippen molar-refractivity contribution in [1.82, 2.24) is 4.98 Å². The van der Waals surface area contributed by atoms with Crippen molar-refractivity contribution in [1.29, 1.82) is 0 Å². The summed E-state index contributed by atoms with van der Waals surface area (Å²) >= 11 is 0. The molecule has 0 radical (unpaired) electrons. The molecule has 2 unspecified atom stereocenters. The third-order valence-electron chi connectivity index (χ3n) is 7.32. The molecule has 2 aromatic carbocycles. The zero-order chi connectivity index (χ0) is 27.0. The molecule has 38 heavy (non-hydrogen) atoms. The summed E-state index contributed by atoms with van der Waals surface area (Å²) in [5.41, 5.74) is 2.39. The van der Waals surface area contributed by atoms with Crippen molar-refractivity contribution >= 4 is 11.4 Å². The van der Waals surface area contributed by atoms with E-state index in [0.29, 0.717) is 54.4 Å². The quantitative estimate of drug-likeness (QED) is 0.371. The van der Waals surface area contributed by atoms with Crippen LogP contribution in [0.1, 0.15) is 51.8 Å². The van der Waals surface area contributed by atoms with Gasteiger partial charge in [0.2, 0.25) is 0 Å². The first-order valence-corrected chi connectivity index (χ1v) is 13.2. The van der Waals surface area contributed by atoms with E-state index in [0.717, 1.165) is 19.0 Å². The average Bonchev–Trinajstić information content (AvgIpc) is 3.39. The van der Waals surface area contributed by atoms with Crippen molar-refractivity contribution < 1.29 is 22.6 Å². The van der Waals surface area contributed by atoms with E-state index in [2.05, 4.69) is 29.0 Å². The lowest BCUT2D eigenvalue weighted by Gasteiger charge is -2.44. The molecule has 202 valence electrons. The van der Waals surface area contributed by atoms with Gasteiger partial charge in [-0.2, -0.15) is 0 Å². The summed E-state index contributed by atoms with van der Waals surface area (Å²) in [6.45, 7) is 9.85. The minimum absolute atomic E-state index is 0.0985. The Morgan fingerprint density at radius 2 is 1.92 bits per heavy atom. The topological polar surface area (TPSA) is 46.6 Å². The number of pyridine rings is 1. The Hall–Kier alpha value is -3.26. The molecule has 2 aliphatic heterocycles. The largest absolute Gasteiger partial charge is 0.481 e. The molecule has 2 atom stereocenters. The van der Waals surface area contributed by atoms with Gasteiger partial charge in [-0.15, -0.1) is 0 Å². The summed E-state index contributed by atoms with van der Waals surface area (Å²) in [5, 5.41) is 3.17. The number of aromatic nitrogens is 1. The van der Waals surface area contributed by atoms with Gasteiger partial charge < -0.3 is 19.7 Å². The molecule has 1 aromatic heterocycles. The number of fused-ring (bicyclic) bond motifs is 1. The Bertz CT molecular complexity index is 1320. The molecule has 2 aliphatic rings. The van der Waals surface area contributed by atoms with Gasteiger partial charge in [0.1, 0.15) is 17.2 Å². The average molecular weight is 526 g/mol. The molecule has 3 aromatic rings. The zero-order valence-corrected chi connectivity index (χ0v) is 22.3. The van der Waals surface area contributed by atoms with Gasteiger partial charge in [0.25, 0.3) is 0 Å². The van der Waals surface area contributed by atoms with Crippen LogP contribution in [0.5, 0.6) is 5.75 Å². The van der Waals surface area contributed by atoms with Crippen LogP contribution in [0.4, 0.5) is 24.5 Å². The van der Waals surface area contributed by atoms with Crippen molar-refractivity contribution in [3.63, 3.8) is 0 Å². The van der Waals surface area contributed by atoms with Gasteiger partial charge in [0.15, 0.2) is 11.6 Å². The van der Waals surface area contributed by atoms with Crippen LogP contribution in [-0.2, 0) is 11.2 Å². The van der Waals surface area contributed by atoms with Gasteiger partial charge in [-0.25, -0.2) is 13.2 Å². The van der Waals surface area contributed by atoms with Crippen LogP contribution in [0.15, 0.2) is 42.6 Å². The lowest BCUT2D eigenvalue weighted by Crippen LogP contribution is -2.50. The van der Waals surface area contributed by atoms with Crippen LogP contribution >= 0.6 is 0 Å². The Morgan fingerprint density at radius 1 is 1.11 bits per heavy atom. The highest BCUT2D eigenvalue weighted by Gasteiger charge is 2.36. The minimum atomic E-state index is -0.556. The number of hydrogen-bond donors (Lipinski definition) is 1. The van der Waals surface area contributed by atoms with Crippen molar-refractivity contribution in [3.8, 4) is 16.9 Å².